The van der Waals surface area contributed by atoms with Gasteiger partial charge in [-0.3, -0.25) is 4.79 Å². The van der Waals surface area contributed by atoms with Crippen molar-refractivity contribution in [2.45, 2.75) is 19.4 Å². The summed E-state index contributed by atoms with van der Waals surface area (Å²) in [5, 5.41) is 2.27. The summed E-state index contributed by atoms with van der Waals surface area (Å²) in [6.07, 6.45) is -0.591. The molecule has 2 atom stereocenters. The Kier molecular flexibility index (Phi) is 2.50. The molecule has 0 aliphatic carbocycles. The molecule has 6 heteroatoms. The fourth-order valence-electron chi connectivity index (χ4n) is 1.02. The second-order valence-electron chi connectivity index (χ2n) is 2.94. The molecule has 0 bridgehead atoms. The lowest BCUT2D eigenvalue weighted by Crippen LogP contribution is -2.34. The van der Waals surface area contributed by atoms with E-state index in [1.807, 2.05) is 0 Å². The van der Waals surface area contributed by atoms with E-state index in [1.54, 1.807) is 6.92 Å². The fraction of sp³-hybridized carbons (Fsp3) is 0.571. The van der Waals surface area contributed by atoms with E-state index in [-0.39, 0.29) is 6.42 Å². The maximum Gasteiger partial charge on any atom is 0.415 e. The van der Waals surface area contributed by atoms with E-state index in [2.05, 4.69) is 10.1 Å². The van der Waals surface area contributed by atoms with Crippen molar-refractivity contribution < 1.29 is 19.1 Å². The lowest BCUT2D eigenvalue weighted by molar-refractivity contribution is -0.135. The van der Waals surface area contributed by atoms with Crippen molar-refractivity contribution in [2.75, 3.05) is 0 Å². The van der Waals surface area contributed by atoms with Gasteiger partial charge in [-0.05, 0) is 6.42 Å². The summed E-state index contributed by atoms with van der Waals surface area (Å²) in [5.74, 6) is -1.62. The third-order valence-corrected chi connectivity index (χ3v) is 1.84. The first-order valence-corrected chi connectivity index (χ1v) is 3.82. The van der Waals surface area contributed by atoms with Crippen LogP contribution in [-0.2, 0) is 14.3 Å². The molecule has 0 aromatic carbocycles. The fourth-order valence-corrected chi connectivity index (χ4v) is 1.02. The van der Waals surface area contributed by atoms with Crippen LogP contribution in [0, 0.1) is 5.92 Å². The number of hydrogen-bond donors (Lipinski definition) is 2. The molecule has 1 heterocycles. The number of nitrogens with two attached hydrogens (primary N) is 1. The Morgan fingerprint density at radius 3 is 2.69 bits per heavy atom. The third kappa shape index (κ3) is 2.17. The number of carbonyl (C=O) groups is 3. The van der Waals surface area contributed by atoms with Crippen molar-refractivity contribution in [3.8, 4) is 0 Å². The maximum atomic E-state index is 10.9. The third-order valence-electron chi connectivity index (χ3n) is 1.84. The molecule has 72 valence electrons. The molecule has 0 aromatic heterocycles. The molecule has 13 heavy (non-hydrogen) atoms. The van der Waals surface area contributed by atoms with E-state index < -0.39 is 29.9 Å². The van der Waals surface area contributed by atoms with Crippen molar-refractivity contribution in [1.29, 1.82) is 0 Å². The summed E-state index contributed by atoms with van der Waals surface area (Å²) in [4.78, 5) is 32.1. The van der Waals surface area contributed by atoms with Gasteiger partial charge >= 0.3 is 12.1 Å². The molecule has 1 rings (SSSR count). The minimum atomic E-state index is -0.772. The molecular formula is C7H10N2O4. The van der Waals surface area contributed by atoms with Crippen molar-refractivity contribution in [2.24, 2.45) is 11.7 Å². The second kappa shape index (κ2) is 3.42. The van der Waals surface area contributed by atoms with E-state index in [4.69, 9.17) is 5.73 Å². The van der Waals surface area contributed by atoms with Crippen LogP contribution in [0.25, 0.3) is 0 Å². The highest BCUT2D eigenvalue weighted by molar-refractivity contribution is 5.95. The number of rotatable bonds is 3. The molecule has 0 radical (unpaired) electrons. The number of carbonyl (C=O) groups excluding carboxylic acids is 3. The van der Waals surface area contributed by atoms with E-state index in [0.29, 0.717) is 0 Å². The second-order valence-corrected chi connectivity index (χ2v) is 2.94. The predicted octanol–water partition coefficient (Wildman–Crippen LogP) is -0.867. The molecule has 6 nitrogen and oxygen atoms in total. The van der Waals surface area contributed by atoms with E-state index in [9.17, 15) is 14.4 Å². The number of ether oxygens (including phenoxy) is 1. The van der Waals surface area contributed by atoms with Gasteiger partial charge in [0.2, 0.25) is 5.91 Å². The molecule has 1 fully saturated rings. The van der Waals surface area contributed by atoms with Crippen LogP contribution in [-0.4, -0.2) is 24.0 Å². The number of primary amides is 1. The standard InChI is InChI=1S/C7H10N2O4/c1-3(5(8)10)2-4-6(11)13-7(12)9-4/h3-4H,2H2,1H3,(H2,8,10)(H,9,12)/t3?,4-/m0/s1. The van der Waals surface area contributed by atoms with Crippen molar-refractivity contribution in [3.05, 3.63) is 0 Å². The average Bonchev–Trinajstić information content (AvgIpc) is 2.30. The Bertz CT molecular complexity index is 263. The van der Waals surface area contributed by atoms with E-state index in [0.717, 1.165) is 0 Å². The van der Waals surface area contributed by atoms with Gasteiger partial charge in [-0.1, -0.05) is 6.92 Å². The van der Waals surface area contributed by atoms with Crippen molar-refractivity contribution in [1.82, 2.24) is 5.32 Å². The molecule has 0 spiro atoms. The maximum absolute atomic E-state index is 10.9. The van der Waals surface area contributed by atoms with Crippen molar-refractivity contribution in [3.63, 3.8) is 0 Å². The van der Waals surface area contributed by atoms with Gasteiger partial charge in [-0.25, -0.2) is 9.59 Å². The lowest BCUT2D eigenvalue weighted by Gasteiger charge is -2.09. The summed E-state index contributed by atoms with van der Waals surface area (Å²) < 4.78 is 4.21. The highest BCUT2D eigenvalue weighted by Gasteiger charge is 2.34. The van der Waals surface area contributed by atoms with Crippen LogP contribution in [0.5, 0.6) is 0 Å². The zero-order chi connectivity index (χ0) is 10.0. The summed E-state index contributed by atoms with van der Waals surface area (Å²) in [7, 11) is 0. The molecule has 1 unspecified atom stereocenters. The summed E-state index contributed by atoms with van der Waals surface area (Å²) in [6.45, 7) is 1.58. The minimum Gasteiger partial charge on any atom is -0.375 e. The van der Waals surface area contributed by atoms with Crippen LogP contribution in [0.2, 0.25) is 0 Å². The highest BCUT2D eigenvalue weighted by atomic mass is 16.6. The highest BCUT2D eigenvalue weighted by Crippen LogP contribution is 2.11. The van der Waals surface area contributed by atoms with Crippen LogP contribution >= 0.6 is 0 Å². The lowest BCUT2D eigenvalue weighted by atomic mass is 10.0. The number of amides is 2. The predicted molar refractivity (Wildman–Crippen MR) is 41.4 cm³/mol. The van der Waals surface area contributed by atoms with Gasteiger partial charge in [0, 0.05) is 5.92 Å². The SMILES string of the molecule is CC(C[C@@H]1NC(=O)OC1=O)C(N)=O. The molecule has 3 N–H and O–H groups in total. The zero-order valence-corrected chi connectivity index (χ0v) is 7.07. The number of alkyl carbamates (subject to hydrolysis) is 1. The molecule has 1 aliphatic heterocycles. The normalized spacial score (nSPS) is 23.6. The first kappa shape index (κ1) is 9.50. The van der Waals surface area contributed by atoms with Crippen LogP contribution in [0.1, 0.15) is 13.3 Å². The van der Waals surface area contributed by atoms with E-state index in [1.165, 1.54) is 0 Å². The minimum absolute atomic E-state index is 0.180. The Morgan fingerprint density at radius 1 is 1.69 bits per heavy atom. The van der Waals surface area contributed by atoms with Gasteiger partial charge in [0.1, 0.15) is 6.04 Å². The first-order chi connectivity index (χ1) is 6.00. The number of nitrogens with one attached hydrogen (secondary N) is 1. The first-order valence-electron chi connectivity index (χ1n) is 3.82. The largest absolute Gasteiger partial charge is 0.415 e. The smallest absolute Gasteiger partial charge is 0.375 e. The Balaban J connectivity index is 2.50. The topological polar surface area (TPSA) is 98.5 Å². The molecule has 0 saturated carbocycles. The Hall–Kier alpha value is -1.59. The van der Waals surface area contributed by atoms with Crippen LogP contribution < -0.4 is 11.1 Å². The molecule has 1 saturated heterocycles. The van der Waals surface area contributed by atoms with Gasteiger partial charge in [-0.15, -0.1) is 0 Å². The van der Waals surface area contributed by atoms with Gasteiger partial charge < -0.3 is 15.8 Å². The van der Waals surface area contributed by atoms with Gasteiger partial charge in [-0.2, -0.15) is 0 Å². The summed E-state index contributed by atoms with van der Waals surface area (Å²) >= 11 is 0. The number of cyclic esters (lactones) is 2. The zero-order valence-electron chi connectivity index (χ0n) is 7.07. The number of hydrogen-bond acceptors (Lipinski definition) is 4. The molecule has 2 amide bonds. The number of esters is 1. The quantitative estimate of drug-likeness (QED) is 0.442. The van der Waals surface area contributed by atoms with Crippen molar-refractivity contribution >= 4 is 18.0 Å². The molecular weight excluding hydrogens is 176 g/mol. The molecule has 0 aromatic rings. The van der Waals surface area contributed by atoms with Crippen LogP contribution in [0.15, 0.2) is 0 Å². The van der Waals surface area contributed by atoms with Crippen LogP contribution in [0.3, 0.4) is 0 Å². The van der Waals surface area contributed by atoms with Gasteiger partial charge in [0.05, 0.1) is 0 Å². The summed E-state index contributed by atoms with van der Waals surface area (Å²) in [6, 6.07) is -0.741. The van der Waals surface area contributed by atoms with Gasteiger partial charge in [0.15, 0.2) is 0 Å². The monoisotopic (exact) mass is 186 g/mol. The van der Waals surface area contributed by atoms with Gasteiger partial charge in [0.25, 0.3) is 0 Å². The Labute approximate surface area is 74.4 Å². The average molecular weight is 186 g/mol. The molecule has 1 aliphatic rings. The summed E-state index contributed by atoms with van der Waals surface area (Å²) in [5.41, 5.74) is 4.99. The van der Waals surface area contributed by atoms with Crippen LogP contribution in [0.4, 0.5) is 4.79 Å². The van der Waals surface area contributed by atoms with E-state index >= 15 is 0 Å². The Morgan fingerprint density at radius 2 is 2.31 bits per heavy atom.